The SMILES string of the molecule is [O-]P([O-])(=S)Br.[O-]P([O-])(=S)Cl.[Pt+4]. The number of hydrogen-bond acceptors (Lipinski definition) is 6. The Labute approximate surface area is 101 Å². The minimum atomic E-state index is -3.83. The van der Waals surface area contributed by atoms with Crippen molar-refractivity contribution in [3.05, 3.63) is 0 Å². The largest absolute Gasteiger partial charge is 4.00 e. The van der Waals surface area contributed by atoms with Crippen molar-refractivity contribution in [3.63, 3.8) is 0 Å². The van der Waals surface area contributed by atoms with Crippen molar-refractivity contribution < 1.29 is 40.6 Å². The zero-order valence-corrected chi connectivity index (χ0v) is 12.5. The maximum atomic E-state index is 9.39. The fraction of sp³-hybridized carbons (Fsp3) is 0. The molecule has 0 bridgehead atoms. The molecule has 11 heavy (non-hydrogen) atoms. The quantitative estimate of drug-likeness (QED) is 0.376. The third-order valence-corrected chi connectivity index (χ3v) is 0. The van der Waals surface area contributed by atoms with Gasteiger partial charge in [-0.15, -0.1) is 45.9 Å². The monoisotopic (exact) mass is 499 g/mol. The van der Waals surface area contributed by atoms with Crippen LogP contribution in [0.15, 0.2) is 0 Å². The van der Waals surface area contributed by atoms with Crippen LogP contribution in [0.4, 0.5) is 0 Å². The normalized spacial score (nSPS) is 10.7. The molecule has 0 aliphatic heterocycles. The first-order valence-electron chi connectivity index (χ1n) is 1.43. The fourth-order valence-electron chi connectivity index (χ4n) is 0. The van der Waals surface area contributed by atoms with Crippen LogP contribution in [-0.4, -0.2) is 0 Å². The van der Waals surface area contributed by atoms with E-state index in [0.29, 0.717) is 0 Å². The van der Waals surface area contributed by atoms with E-state index in [1.807, 2.05) is 0 Å². The summed E-state index contributed by atoms with van der Waals surface area (Å²) >= 11 is 13.9. The zero-order chi connectivity index (χ0) is 9.00. The van der Waals surface area contributed by atoms with Crippen molar-refractivity contribution in [2.75, 3.05) is 0 Å². The first kappa shape index (κ1) is 19.2. The molecule has 70 valence electrons. The Balaban J connectivity index is -0.000000107. The van der Waals surface area contributed by atoms with Gasteiger partial charge < -0.3 is 19.6 Å². The Hall–Kier alpha value is 2.60. The van der Waals surface area contributed by atoms with Crippen LogP contribution in [0, 0.1) is 0 Å². The summed E-state index contributed by atoms with van der Waals surface area (Å²) in [5.74, 6) is -3.83. The topological polar surface area (TPSA) is 92.2 Å². The molecule has 0 unspecified atom stereocenters. The van der Waals surface area contributed by atoms with Gasteiger partial charge in [0.2, 0.25) is 0 Å². The van der Waals surface area contributed by atoms with Gasteiger partial charge in [-0.25, -0.2) is 0 Å². The van der Waals surface area contributed by atoms with Crippen molar-refractivity contribution in [1.29, 1.82) is 0 Å². The molecule has 4 nitrogen and oxygen atoms in total. The van der Waals surface area contributed by atoms with E-state index < -0.39 is 11.0 Å². The van der Waals surface area contributed by atoms with Gasteiger partial charge in [-0.1, -0.05) is 15.5 Å². The Morgan fingerprint density at radius 3 is 1.09 bits per heavy atom. The second kappa shape index (κ2) is 7.95. The van der Waals surface area contributed by atoms with E-state index >= 15 is 0 Å². The Morgan fingerprint density at radius 1 is 1.09 bits per heavy atom. The van der Waals surface area contributed by atoms with E-state index in [9.17, 15) is 19.6 Å². The van der Waals surface area contributed by atoms with E-state index in [2.05, 4.69) is 50.3 Å². The molecule has 0 saturated carbocycles. The van der Waals surface area contributed by atoms with Gasteiger partial charge in [0, 0.05) is 0 Å². The van der Waals surface area contributed by atoms with Crippen LogP contribution in [0.25, 0.3) is 0 Å². The van der Waals surface area contributed by atoms with E-state index in [-0.39, 0.29) is 21.1 Å². The van der Waals surface area contributed by atoms with Gasteiger partial charge >= 0.3 is 21.1 Å². The van der Waals surface area contributed by atoms with Gasteiger partial charge in [-0.3, -0.25) is 0 Å². The van der Waals surface area contributed by atoms with Crippen LogP contribution in [0.3, 0.4) is 0 Å². The van der Waals surface area contributed by atoms with Gasteiger partial charge in [0.05, 0.1) is 0 Å². The molecular weight excluding hydrogens is 501 g/mol. The van der Waals surface area contributed by atoms with Gasteiger partial charge in [0.25, 0.3) is 0 Å². The van der Waals surface area contributed by atoms with Crippen molar-refractivity contribution >= 4 is 61.4 Å². The van der Waals surface area contributed by atoms with Crippen molar-refractivity contribution in [2.45, 2.75) is 0 Å². The summed E-state index contributed by atoms with van der Waals surface area (Å²) in [5, 5.41) is -3.49. The molecule has 0 aromatic rings. The van der Waals surface area contributed by atoms with Crippen LogP contribution in [0.2, 0.25) is 0 Å². The number of hydrogen-bond donors (Lipinski definition) is 0. The molecule has 11 heteroatoms. The van der Waals surface area contributed by atoms with Crippen LogP contribution < -0.4 is 19.6 Å². The average molecular weight is 501 g/mol. The summed E-state index contributed by atoms with van der Waals surface area (Å²) in [6.45, 7) is 0. The Morgan fingerprint density at radius 2 is 1.09 bits per heavy atom. The molecule has 0 heterocycles. The summed E-state index contributed by atoms with van der Waals surface area (Å²) in [6.07, 6.45) is 0. The van der Waals surface area contributed by atoms with Crippen molar-refractivity contribution in [2.24, 2.45) is 0 Å². The molecule has 0 N–H and O–H groups in total. The average Bonchev–Trinajstić information content (AvgIpc) is 1.12. The molecule has 0 rings (SSSR count). The van der Waals surface area contributed by atoms with E-state index in [0.717, 1.165) is 0 Å². The third-order valence-electron chi connectivity index (χ3n) is 0. The van der Waals surface area contributed by atoms with Gasteiger partial charge in [0.1, 0.15) is 0 Å². The molecular formula is BrClO4P2PtS2. The van der Waals surface area contributed by atoms with E-state index in [4.69, 9.17) is 0 Å². The molecule has 0 aliphatic carbocycles. The van der Waals surface area contributed by atoms with Gasteiger partial charge in [-0.2, -0.15) is 0 Å². The first-order chi connectivity index (χ1) is 4.00. The number of halogens is 2. The molecule has 0 aromatic carbocycles. The smallest absolute Gasteiger partial charge is 0.824 e. The molecule has 0 spiro atoms. The Kier molecular flexibility index (Phi) is 13.9. The maximum absolute atomic E-state index is 9.39. The molecule has 0 saturated heterocycles. The molecule has 0 amide bonds. The molecule has 0 atom stereocenters. The summed E-state index contributed by atoms with van der Waals surface area (Å²) < 4.78 is 0. The predicted octanol–water partition coefficient (Wildman–Crippen LogP) is -1.51. The summed E-state index contributed by atoms with van der Waals surface area (Å²) in [5.41, 5.74) is 0. The predicted molar refractivity (Wildman–Crippen MR) is 43.4 cm³/mol. The van der Waals surface area contributed by atoms with Gasteiger partial charge in [-0.05, 0) is 0 Å². The van der Waals surface area contributed by atoms with Gasteiger partial charge in [0.15, 0.2) is 0 Å². The standard InChI is InChI=1S/BrH2O2PS.ClH2O2PS.Pt/c2*1-4(2,3)5;/h2*(H2,2,3,5);/q;;+4/p-4. The molecule has 0 fully saturated rings. The molecule has 0 radical (unpaired) electrons. The van der Waals surface area contributed by atoms with Crippen LogP contribution in [-0.2, 0) is 44.7 Å². The molecule has 0 aromatic heterocycles. The fourth-order valence-corrected chi connectivity index (χ4v) is 0. The summed E-state index contributed by atoms with van der Waals surface area (Å²) in [4.78, 5) is 37.3. The van der Waals surface area contributed by atoms with Crippen molar-refractivity contribution in [1.82, 2.24) is 0 Å². The summed E-state index contributed by atoms with van der Waals surface area (Å²) in [7, 11) is 0. The second-order valence-electron chi connectivity index (χ2n) is 0.861. The van der Waals surface area contributed by atoms with Crippen LogP contribution in [0.5, 0.6) is 0 Å². The third kappa shape index (κ3) is 210. The second-order valence-corrected chi connectivity index (χ2v) is 11.6. The zero-order valence-electron chi connectivity index (χ0n) is 4.42. The minimum Gasteiger partial charge on any atom is -0.824 e. The Bertz CT molecular complexity index is 138. The van der Waals surface area contributed by atoms with E-state index in [1.54, 1.807) is 0 Å². The summed E-state index contributed by atoms with van der Waals surface area (Å²) in [6, 6.07) is 0. The molecule has 0 aliphatic rings. The minimum absolute atomic E-state index is 0. The first-order valence-corrected chi connectivity index (χ1v) is 9.63. The van der Waals surface area contributed by atoms with Crippen LogP contribution in [0.1, 0.15) is 0 Å². The van der Waals surface area contributed by atoms with Crippen molar-refractivity contribution in [3.8, 4) is 0 Å². The number of rotatable bonds is 0. The van der Waals surface area contributed by atoms with Crippen LogP contribution >= 0.6 is 37.8 Å². The maximum Gasteiger partial charge on any atom is 4.00 e. The van der Waals surface area contributed by atoms with E-state index in [1.165, 1.54) is 0 Å².